The van der Waals surface area contributed by atoms with Crippen LogP contribution < -0.4 is 19.7 Å². The topological polar surface area (TPSA) is 110 Å². The van der Waals surface area contributed by atoms with Crippen LogP contribution in [-0.2, 0) is 19.6 Å². The van der Waals surface area contributed by atoms with Crippen molar-refractivity contribution in [3.8, 4) is 11.5 Å². The van der Waals surface area contributed by atoms with Crippen LogP contribution in [0.3, 0.4) is 0 Å². The predicted molar refractivity (Wildman–Crippen MR) is 115 cm³/mol. The summed E-state index contributed by atoms with van der Waals surface area (Å²) in [6.45, 7) is 1.56. The van der Waals surface area contributed by atoms with Gasteiger partial charge in [0, 0.05) is 39.4 Å². The van der Waals surface area contributed by atoms with E-state index in [1.807, 2.05) is 4.90 Å². The third-order valence-electron chi connectivity index (χ3n) is 4.86. The molecule has 0 unspecified atom stereocenters. The Kier molecular flexibility index (Phi) is 7.31. The number of nitrogens with zero attached hydrogens (tertiary/aromatic N) is 3. The van der Waals surface area contributed by atoms with Gasteiger partial charge in [0.05, 0.1) is 26.1 Å². The maximum atomic E-state index is 13.1. The molecule has 1 aromatic heterocycles. The van der Waals surface area contributed by atoms with E-state index in [2.05, 4.69) is 10.3 Å². The molecule has 1 N–H and O–H groups in total. The number of benzene rings is 1. The molecule has 0 bridgehead atoms. The zero-order chi connectivity index (χ0) is 22.4. The van der Waals surface area contributed by atoms with Crippen molar-refractivity contribution in [3.05, 3.63) is 36.5 Å². The van der Waals surface area contributed by atoms with Crippen LogP contribution in [0.4, 0.5) is 11.5 Å². The summed E-state index contributed by atoms with van der Waals surface area (Å²) >= 11 is 0. The molecule has 2 heterocycles. The molecule has 2 aromatic rings. The first-order valence-electron chi connectivity index (χ1n) is 9.61. The minimum Gasteiger partial charge on any atom is -0.497 e. The maximum absolute atomic E-state index is 13.1. The summed E-state index contributed by atoms with van der Waals surface area (Å²) < 4.78 is 42.9. The van der Waals surface area contributed by atoms with Crippen LogP contribution in [0.5, 0.6) is 11.5 Å². The normalized spacial score (nSPS) is 14.9. The van der Waals surface area contributed by atoms with E-state index in [9.17, 15) is 13.2 Å². The number of rotatable bonds is 8. The molecule has 0 saturated carbocycles. The van der Waals surface area contributed by atoms with E-state index in [0.717, 1.165) is 0 Å². The molecule has 1 aromatic carbocycles. The van der Waals surface area contributed by atoms with E-state index in [1.54, 1.807) is 30.5 Å². The summed E-state index contributed by atoms with van der Waals surface area (Å²) in [5.74, 6) is 1.22. The molecule has 0 atom stereocenters. The van der Waals surface area contributed by atoms with Crippen LogP contribution in [0.25, 0.3) is 0 Å². The number of piperazine rings is 1. The van der Waals surface area contributed by atoms with Gasteiger partial charge in [-0.3, -0.25) is 4.79 Å². The fourth-order valence-electron chi connectivity index (χ4n) is 3.26. The Hall–Kier alpha value is -2.89. The average molecular weight is 451 g/mol. The first kappa shape index (κ1) is 22.8. The number of ether oxygens (including phenoxy) is 3. The number of nitrogens with one attached hydrogen (secondary N) is 1. The van der Waals surface area contributed by atoms with Crippen molar-refractivity contribution < 1.29 is 27.4 Å². The maximum Gasteiger partial charge on any atom is 0.250 e. The molecule has 3 rings (SSSR count). The highest BCUT2D eigenvalue weighted by atomic mass is 32.2. The molecular formula is C20H26N4O6S. The third-order valence-corrected chi connectivity index (χ3v) is 6.80. The quantitative estimate of drug-likeness (QED) is 0.639. The summed E-state index contributed by atoms with van der Waals surface area (Å²) in [5, 5.41) is 2.68. The molecule has 1 saturated heterocycles. The van der Waals surface area contributed by atoms with Gasteiger partial charge in [-0.05, 0) is 24.3 Å². The fraction of sp³-hybridized carbons (Fsp3) is 0.400. The van der Waals surface area contributed by atoms with Crippen molar-refractivity contribution in [2.75, 3.05) is 64.3 Å². The van der Waals surface area contributed by atoms with Crippen molar-refractivity contribution in [3.63, 3.8) is 0 Å². The number of sulfonamides is 1. The molecule has 168 valence electrons. The van der Waals surface area contributed by atoms with Crippen LogP contribution >= 0.6 is 0 Å². The third kappa shape index (κ3) is 5.24. The number of anilines is 2. The van der Waals surface area contributed by atoms with E-state index < -0.39 is 10.0 Å². The molecule has 1 aliphatic rings. The van der Waals surface area contributed by atoms with E-state index in [4.69, 9.17) is 14.2 Å². The number of hydrogen-bond acceptors (Lipinski definition) is 8. The van der Waals surface area contributed by atoms with Gasteiger partial charge < -0.3 is 24.4 Å². The molecule has 31 heavy (non-hydrogen) atoms. The number of aromatic nitrogens is 1. The van der Waals surface area contributed by atoms with Crippen LogP contribution in [0, 0.1) is 0 Å². The molecule has 1 fully saturated rings. The van der Waals surface area contributed by atoms with Crippen molar-refractivity contribution >= 4 is 27.4 Å². The summed E-state index contributed by atoms with van der Waals surface area (Å²) in [7, 11) is 0.675. The first-order valence-corrected chi connectivity index (χ1v) is 11.0. The number of methoxy groups -OCH3 is 3. The van der Waals surface area contributed by atoms with Gasteiger partial charge in [-0.1, -0.05) is 0 Å². The van der Waals surface area contributed by atoms with E-state index in [0.29, 0.717) is 43.4 Å². The molecule has 10 nitrogen and oxygen atoms in total. The van der Waals surface area contributed by atoms with Gasteiger partial charge in [0.2, 0.25) is 15.9 Å². The zero-order valence-electron chi connectivity index (χ0n) is 17.7. The lowest BCUT2D eigenvalue weighted by Crippen LogP contribution is -2.49. The Morgan fingerprint density at radius 1 is 1.06 bits per heavy atom. The van der Waals surface area contributed by atoms with Gasteiger partial charge in [0.1, 0.15) is 28.8 Å². The minimum atomic E-state index is -3.71. The second kappa shape index (κ2) is 9.94. The largest absolute Gasteiger partial charge is 0.497 e. The Balaban J connectivity index is 1.66. The van der Waals surface area contributed by atoms with E-state index in [-0.39, 0.29) is 23.2 Å². The van der Waals surface area contributed by atoms with Gasteiger partial charge in [-0.2, -0.15) is 4.31 Å². The summed E-state index contributed by atoms with van der Waals surface area (Å²) in [6.07, 6.45) is 1.56. The second-order valence-corrected chi connectivity index (χ2v) is 8.70. The highest BCUT2D eigenvalue weighted by Crippen LogP contribution is 2.31. The second-order valence-electron chi connectivity index (χ2n) is 6.79. The first-order chi connectivity index (χ1) is 14.9. The highest BCUT2D eigenvalue weighted by Gasteiger charge is 2.31. The van der Waals surface area contributed by atoms with E-state index >= 15 is 0 Å². The monoisotopic (exact) mass is 450 g/mol. The van der Waals surface area contributed by atoms with Crippen LogP contribution in [0.15, 0.2) is 41.4 Å². The predicted octanol–water partition coefficient (Wildman–Crippen LogP) is 1.19. The van der Waals surface area contributed by atoms with Crippen molar-refractivity contribution in [2.45, 2.75) is 4.90 Å². The van der Waals surface area contributed by atoms with Gasteiger partial charge in [-0.15, -0.1) is 0 Å². The molecule has 0 aliphatic carbocycles. The van der Waals surface area contributed by atoms with Gasteiger partial charge in [0.15, 0.2) is 0 Å². The number of amides is 1. The summed E-state index contributed by atoms with van der Waals surface area (Å²) in [4.78, 5) is 18.1. The summed E-state index contributed by atoms with van der Waals surface area (Å²) in [5.41, 5.74) is 0.568. The molecule has 0 radical (unpaired) electrons. The lowest BCUT2D eigenvalue weighted by Gasteiger charge is -2.34. The van der Waals surface area contributed by atoms with Crippen molar-refractivity contribution in [2.24, 2.45) is 0 Å². The van der Waals surface area contributed by atoms with Gasteiger partial charge in [0.25, 0.3) is 0 Å². The molecular weight excluding hydrogens is 424 g/mol. The number of carbonyl (C=O) groups is 1. The highest BCUT2D eigenvalue weighted by molar-refractivity contribution is 7.89. The Bertz CT molecular complexity index is 1000. The molecule has 0 spiro atoms. The zero-order valence-corrected chi connectivity index (χ0v) is 18.5. The number of pyridine rings is 1. The van der Waals surface area contributed by atoms with Gasteiger partial charge >= 0.3 is 0 Å². The van der Waals surface area contributed by atoms with Crippen LogP contribution in [0.2, 0.25) is 0 Å². The van der Waals surface area contributed by atoms with Crippen molar-refractivity contribution in [1.29, 1.82) is 0 Å². The minimum absolute atomic E-state index is 0.0306. The number of carbonyl (C=O) groups excluding carboxylic acids is 1. The average Bonchev–Trinajstić information content (AvgIpc) is 2.79. The molecule has 11 heteroatoms. The Labute approximate surface area is 181 Å². The standard InChI is InChI=1S/C20H26N4O6S/c1-28-14-20(25)22-15-4-7-19(21-13-15)23-8-10-24(11-9-23)31(26,27)18-6-5-16(29-2)12-17(18)30-3/h4-7,12-13H,8-11,14H2,1-3H3,(H,22,25). The Morgan fingerprint density at radius 3 is 2.39 bits per heavy atom. The van der Waals surface area contributed by atoms with Crippen molar-refractivity contribution in [1.82, 2.24) is 9.29 Å². The van der Waals surface area contributed by atoms with Crippen LogP contribution in [-0.4, -0.2) is 77.7 Å². The number of hydrogen-bond donors (Lipinski definition) is 1. The molecule has 1 amide bonds. The lowest BCUT2D eigenvalue weighted by atomic mass is 10.3. The smallest absolute Gasteiger partial charge is 0.250 e. The Morgan fingerprint density at radius 2 is 1.81 bits per heavy atom. The molecule has 1 aliphatic heterocycles. The van der Waals surface area contributed by atoms with Gasteiger partial charge in [-0.25, -0.2) is 13.4 Å². The fourth-order valence-corrected chi connectivity index (χ4v) is 4.82. The van der Waals surface area contributed by atoms with Crippen LogP contribution in [0.1, 0.15) is 0 Å². The lowest BCUT2D eigenvalue weighted by molar-refractivity contribution is -0.119. The summed E-state index contributed by atoms with van der Waals surface area (Å²) in [6, 6.07) is 8.19. The van der Waals surface area contributed by atoms with E-state index in [1.165, 1.54) is 31.7 Å². The SMILES string of the molecule is COCC(=O)Nc1ccc(N2CCN(S(=O)(=O)c3ccc(OC)cc3OC)CC2)nc1.